The van der Waals surface area contributed by atoms with Gasteiger partial charge >= 0.3 is 0 Å². The molecule has 4 heteroatoms. The zero-order valence-electron chi connectivity index (χ0n) is 10.2. The number of furan rings is 1. The quantitative estimate of drug-likeness (QED) is 0.784. The highest BCUT2D eigenvalue weighted by Gasteiger charge is 2.05. The Hall–Kier alpha value is -0.580. The molecule has 0 aliphatic rings. The van der Waals surface area contributed by atoms with Gasteiger partial charge in [-0.3, -0.25) is 0 Å². The van der Waals surface area contributed by atoms with Crippen molar-refractivity contribution >= 4 is 31.9 Å². The number of hydrogen-bond donors (Lipinski definition) is 1. The molecule has 0 saturated heterocycles. The lowest BCUT2D eigenvalue weighted by atomic mass is 10.1. The van der Waals surface area contributed by atoms with Crippen LogP contribution in [0, 0.1) is 6.92 Å². The highest BCUT2D eigenvalue weighted by Crippen LogP contribution is 2.26. The molecule has 0 atom stereocenters. The lowest BCUT2D eigenvalue weighted by molar-refractivity contribution is 0.465. The maximum atomic E-state index is 5.49. The SMILES string of the molecule is Cc1cccc(CCNCc2cc(Br)c(Br)o2)c1. The number of hydrogen-bond acceptors (Lipinski definition) is 2. The minimum atomic E-state index is 0.746. The van der Waals surface area contributed by atoms with Gasteiger partial charge in [-0.25, -0.2) is 0 Å². The normalized spacial score (nSPS) is 10.8. The molecule has 0 aliphatic carbocycles. The van der Waals surface area contributed by atoms with E-state index in [1.807, 2.05) is 6.07 Å². The maximum absolute atomic E-state index is 5.49. The minimum Gasteiger partial charge on any atom is -0.452 e. The molecular formula is C14H15Br2NO. The molecule has 2 aromatic rings. The second kappa shape index (κ2) is 6.55. The fraction of sp³-hybridized carbons (Fsp3) is 0.286. The van der Waals surface area contributed by atoms with E-state index in [1.54, 1.807) is 0 Å². The van der Waals surface area contributed by atoms with Gasteiger partial charge in [0.1, 0.15) is 5.76 Å². The first-order valence-corrected chi connectivity index (χ1v) is 7.44. The van der Waals surface area contributed by atoms with E-state index in [9.17, 15) is 0 Å². The number of aryl methyl sites for hydroxylation is 1. The molecule has 1 aromatic heterocycles. The minimum absolute atomic E-state index is 0.746. The Morgan fingerprint density at radius 1 is 1.22 bits per heavy atom. The van der Waals surface area contributed by atoms with Crippen LogP contribution in [-0.2, 0) is 13.0 Å². The van der Waals surface area contributed by atoms with Gasteiger partial charge < -0.3 is 9.73 Å². The van der Waals surface area contributed by atoms with Crippen LogP contribution in [0.4, 0.5) is 0 Å². The van der Waals surface area contributed by atoms with Gasteiger partial charge in [0.25, 0.3) is 0 Å². The van der Waals surface area contributed by atoms with Crippen molar-refractivity contribution in [1.29, 1.82) is 0 Å². The fourth-order valence-corrected chi connectivity index (χ4v) is 2.45. The van der Waals surface area contributed by atoms with E-state index in [1.165, 1.54) is 11.1 Å². The average Bonchev–Trinajstić information content (AvgIpc) is 2.65. The highest BCUT2D eigenvalue weighted by atomic mass is 79.9. The van der Waals surface area contributed by atoms with Crippen molar-refractivity contribution in [3.05, 3.63) is 56.4 Å². The third-order valence-electron chi connectivity index (χ3n) is 2.67. The van der Waals surface area contributed by atoms with Gasteiger partial charge in [-0.15, -0.1) is 0 Å². The molecule has 18 heavy (non-hydrogen) atoms. The van der Waals surface area contributed by atoms with Gasteiger partial charge in [-0.2, -0.15) is 0 Å². The first-order valence-electron chi connectivity index (χ1n) is 5.85. The van der Waals surface area contributed by atoms with Crippen molar-refractivity contribution in [2.75, 3.05) is 6.54 Å². The van der Waals surface area contributed by atoms with Crippen LogP contribution >= 0.6 is 31.9 Å². The largest absolute Gasteiger partial charge is 0.452 e. The Morgan fingerprint density at radius 3 is 2.72 bits per heavy atom. The van der Waals surface area contributed by atoms with Crippen molar-refractivity contribution < 1.29 is 4.42 Å². The van der Waals surface area contributed by atoms with Crippen molar-refractivity contribution in [3.8, 4) is 0 Å². The molecule has 0 spiro atoms. The van der Waals surface area contributed by atoms with E-state index < -0.39 is 0 Å². The van der Waals surface area contributed by atoms with Gasteiger partial charge in [0.05, 0.1) is 11.0 Å². The molecule has 96 valence electrons. The summed E-state index contributed by atoms with van der Waals surface area (Å²) in [5.74, 6) is 0.929. The molecule has 2 nitrogen and oxygen atoms in total. The van der Waals surface area contributed by atoms with Crippen LogP contribution in [-0.4, -0.2) is 6.54 Å². The van der Waals surface area contributed by atoms with E-state index in [-0.39, 0.29) is 0 Å². The lowest BCUT2D eigenvalue weighted by Crippen LogP contribution is -2.16. The van der Waals surface area contributed by atoms with Crippen LogP contribution in [0.3, 0.4) is 0 Å². The summed E-state index contributed by atoms with van der Waals surface area (Å²) in [6.45, 7) is 3.81. The Labute approximate surface area is 124 Å². The molecule has 2 rings (SSSR count). The first kappa shape index (κ1) is 13.8. The van der Waals surface area contributed by atoms with Crippen molar-refractivity contribution in [2.24, 2.45) is 0 Å². The molecule has 0 amide bonds. The molecule has 0 unspecified atom stereocenters. The number of benzene rings is 1. The van der Waals surface area contributed by atoms with Crippen molar-refractivity contribution in [1.82, 2.24) is 5.32 Å². The molecule has 0 fully saturated rings. The Kier molecular flexibility index (Phi) is 5.03. The molecule has 0 aliphatic heterocycles. The van der Waals surface area contributed by atoms with Gasteiger partial charge in [-0.1, -0.05) is 29.8 Å². The van der Waals surface area contributed by atoms with Crippen LogP contribution in [0.5, 0.6) is 0 Å². The molecular weight excluding hydrogens is 358 g/mol. The van der Waals surface area contributed by atoms with E-state index >= 15 is 0 Å². The zero-order chi connectivity index (χ0) is 13.0. The third kappa shape index (κ3) is 3.97. The van der Waals surface area contributed by atoms with Gasteiger partial charge in [0.15, 0.2) is 4.67 Å². The molecule has 1 heterocycles. The van der Waals surface area contributed by atoms with Crippen LogP contribution in [0.25, 0.3) is 0 Å². The van der Waals surface area contributed by atoms with Crippen LogP contribution in [0.15, 0.2) is 43.9 Å². The average molecular weight is 373 g/mol. The smallest absolute Gasteiger partial charge is 0.183 e. The standard InChI is InChI=1S/C14H15Br2NO/c1-10-3-2-4-11(7-10)5-6-17-9-12-8-13(15)14(16)18-12/h2-4,7-8,17H,5-6,9H2,1H3. The summed E-state index contributed by atoms with van der Waals surface area (Å²) in [6.07, 6.45) is 1.03. The summed E-state index contributed by atoms with van der Waals surface area (Å²) in [5, 5.41) is 3.37. The summed E-state index contributed by atoms with van der Waals surface area (Å²) in [6, 6.07) is 10.6. The summed E-state index contributed by atoms with van der Waals surface area (Å²) >= 11 is 6.73. The van der Waals surface area contributed by atoms with Crippen LogP contribution in [0.2, 0.25) is 0 Å². The number of halogens is 2. The Bertz CT molecular complexity index is 503. The second-order valence-electron chi connectivity index (χ2n) is 4.25. The van der Waals surface area contributed by atoms with Crippen LogP contribution in [0.1, 0.15) is 16.9 Å². The van der Waals surface area contributed by atoms with Crippen molar-refractivity contribution in [3.63, 3.8) is 0 Å². The predicted molar refractivity (Wildman–Crippen MR) is 80.7 cm³/mol. The summed E-state index contributed by atoms with van der Waals surface area (Å²) in [7, 11) is 0. The van der Waals surface area contributed by atoms with E-state index in [2.05, 4.69) is 68.4 Å². The maximum Gasteiger partial charge on any atom is 0.183 e. The summed E-state index contributed by atoms with van der Waals surface area (Å²) < 4.78 is 7.20. The summed E-state index contributed by atoms with van der Waals surface area (Å²) in [5.41, 5.74) is 2.68. The van der Waals surface area contributed by atoms with Crippen LogP contribution < -0.4 is 5.32 Å². The molecule has 1 aromatic carbocycles. The molecule has 1 N–H and O–H groups in total. The van der Waals surface area contributed by atoms with E-state index in [0.717, 1.165) is 34.4 Å². The Balaban J connectivity index is 1.76. The number of rotatable bonds is 5. The number of nitrogens with one attached hydrogen (secondary N) is 1. The molecule has 0 saturated carbocycles. The van der Waals surface area contributed by atoms with E-state index in [4.69, 9.17) is 4.42 Å². The predicted octanol–water partition coefficient (Wildman–Crippen LogP) is 4.45. The zero-order valence-corrected chi connectivity index (χ0v) is 13.3. The second-order valence-corrected chi connectivity index (χ2v) is 5.82. The summed E-state index contributed by atoms with van der Waals surface area (Å²) in [4.78, 5) is 0. The fourth-order valence-electron chi connectivity index (χ4n) is 1.79. The van der Waals surface area contributed by atoms with Gasteiger partial charge in [0.2, 0.25) is 0 Å². The molecule has 0 bridgehead atoms. The first-order chi connectivity index (χ1) is 8.65. The highest BCUT2D eigenvalue weighted by molar-refractivity contribution is 9.13. The van der Waals surface area contributed by atoms with Gasteiger partial charge in [-0.05, 0) is 63.4 Å². The lowest BCUT2D eigenvalue weighted by Gasteiger charge is -2.04. The Morgan fingerprint density at radius 2 is 2.06 bits per heavy atom. The third-order valence-corrected chi connectivity index (χ3v) is 4.38. The van der Waals surface area contributed by atoms with Gasteiger partial charge in [0, 0.05) is 0 Å². The van der Waals surface area contributed by atoms with Crippen molar-refractivity contribution in [2.45, 2.75) is 19.9 Å². The topological polar surface area (TPSA) is 25.2 Å². The monoisotopic (exact) mass is 371 g/mol. The van der Waals surface area contributed by atoms with E-state index in [0.29, 0.717) is 0 Å². The molecule has 0 radical (unpaired) electrons.